The molecule has 0 amide bonds. The Morgan fingerprint density at radius 2 is 1.77 bits per heavy atom. The molecule has 2 unspecified atom stereocenters. The van der Waals surface area contributed by atoms with E-state index in [0.717, 1.165) is 5.56 Å². The van der Waals surface area contributed by atoms with Crippen LogP contribution in [0.5, 0.6) is 0 Å². The normalized spacial score (nSPS) is 14.4. The zero-order valence-corrected chi connectivity index (χ0v) is 23.6. The molecule has 2 atom stereocenters. The lowest BCUT2D eigenvalue weighted by Crippen LogP contribution is -2.48. The molecule has 0 fully saturated rings. The van der Waals surface area contributed by atoms with Gasteiger partial charge in [-0.1, -0.05) is 50.2 Å². The Morgan fingerprint density at radius 1 is 1.07 bits per heavy atom. The van der Waals surface area contributed by atoms with Crippen molar-refractivity contribution in [2.75, 3.05) is 11.9 Å². The van der Waals surface area contributed by atoms with Crippen LogP contribution in [0.15, 0.2) is 71.9 Å². The molecule has 0 spiro atoms. The van der Waals surface area contributed by atoms with Crippen LogP contribution in [0.2, 0.25) is 0 Å². The maximum atomic E-state index is 13.9. The Kier molecular flexibility index (Phi) is 9.93. The number of nitrogens with zero attached hydrogens (tertiary/aromatic N) is 2. The molecule has 12 heteroatoms. The number of rotatable bonds is 13. The molecule has 3 aromatic rings. The molecule has 2 aromatic heterocycles. The molecule has 0 saturated carbocycles. The van der Waals surface area contributed by atoms with Gasteiger partial charge in [0, 0.05) is 19.5 Å². The van der Waals surface area contributed by atoms with E-state index in [0.29, 0.717) is 12.0 Å². The van der Waals surface area contributed by atoms with Crippen LogP contribution in [-0.2, 0) is 40.8 Å². The number of alkyl halides is 2. The number of anilines is 1. The summed E-state index contributed by atoms with van der Waals surface area (Å²) in [7, 11) is -4.27. The Hall–Kier alpha value is -3.48. The molecule has 216 valence electrons. The molecule has 0 radical (unpaired) electrons. The van der Waals surface area contributed by atoms with Gasteiger partial charge in [-0.15, -0.1) is 0 Å². The van der Waals surface area contributed by atoms with Crippen LogP contribution in [0.4, 0.5) is 14.6 Å². The first-order valence-electron chi connectivity index (χ1n) is 12.6. The molecule has 3 rings (SSSR count). The van der Waals surface area contributed by atoms with Crippen LogP contribution >= 0.6 is 0 Å². The van der Waals surface area contributed by atoms with Gasteiger partial charge in [-0.3, -0.25) is 4.79 Å². The monoisotopic (exact) mass is 576 g/mol. The molecule has 2 heterocycles. The second-order valence-corrected chi connectivity index (χ2v) is 12.2. The number of hydrogen-bond acceptors (Lipinski definition) is 9. The number of hydrogen-bond donors (Lipinski definition) is 2. The highest BCUT2D eigenvalue weighted by atomic mass is 32.2. The highest BCUT2D eigenvalue weighted by molar-refractivity contribution is 7.92. The van der Waals surface area contributed by atoms with Crippen molar-refractivity contribution in [3.05, 3.63) is 83.7 Å². The molecule has 0 aliphatic carbocycles. The van der Waals surface area contributed by atoms with Crippen molar-refractivity contribution in [1.82, 2.24) is 9.97 Å². The van der Waals surface area contributed by atoms with Crippen molar-refractivity contribution in [3.63, 3.8) is 0 Å². The number of nitrogens with one attached hydrogen (secondary N) is 1. The number of sulfone groups is 1. The molecule has 0 aliphatic rings. The summed E-state index contributed by atoms with van der Waals surface area (Å²) in [4.78, 5) is 17.8. The fraction of sp³-hybridized carbons (Fsp3) is 0.393. The van der Waals surface area contributed by atoms with E-state index in [1.54, 1.807) is 43.3 Å². The maximum absolute atomic E-state index is 13.9. The second-order valence-electron chi connectivity index (χ2n) is 10.0. The lowest BCUT2D eigenvalue weighted by molar-refractivity contribution is -0.144. The first kappa shape index (κ1) is 31.1. The van der Waals surface area contributed by atoms with Crippen molar-refractivity contribution >= 4 is 21.6 Å². The SMILES string of the molecule is CC(=O)OC(C)Nc1cccc(C(N)(Cc2ccc(C(C)(C)CCOC(F)F)cc2)S(=O)(=O)c2ccccn2)n1. The van der Waals surface area contributed by atoms with Gasteiger partial charge >= 0.3 is 12.6 Å². The van der Waals surface area contributed by atoms with E-state index in [1.807, 2.05) is 26.0 Å². The highest BCUT2D eigenvalue weighted by Crippen LogP contribution is 2.34. The van der Waals surface area contributed by atoms with E-state index in [-0.39, 0.29) is 29.6 Å². The number of esters is 1. The van der Waals surface area contributed by atoms with Gasteiger partial charge in [-0.25, -0.2) is 18.4 Å². The van der Waals surface area contributed by atoms with Gasteiger partial charge in [0.25, 0.3) is 0 Å². The van der Waals surface area contributed by atoms with Crippen LogP contribution in [0.25, 0.3) is 0 Å². The van der Waals surface area contributed by atoms with Gasteiger partial charge < -0.3 is 20.5 Å². The van der Waals surface area contributed by atoms with Crippen LogP contribution in [0.1, 0.15) is 50.9 Å². The molecule has 40 heavy (non-hydrogen) atoms. The number of pyridine rings is 2. The fourth-order valence-corrected chi connectivity index (χ4v) is 5.75. The Balaban J connectivity index is 1.98. The average molecular weight is 577 g/mol. The van der Waals surface area contributed by atoms with Crippen molar-refractivity contribution in [1.29, 1.82) is 0 Å². The average Bonchev–Trinajstić information content (AvgIpc) is 2.88. The topological polar surface area (TPSA) is 134 Å². The molecular weight excluding hydrogens is 542 g/mol. The first-order valence-corrected chi connectivity index (χ1v) is 14.1. The zero-order chi connectivity index (χ0) is 29.6. The quantitative estimate of drug-likeness (QED) is 0.222. The summed E-state index contributed by atoms with van der Waals surface area (Å²) >= 11 is 0. The number of carbonyl (C=O) groups excluding carboxylic acids is 1. The standard InChI is InChI=1S/C28H34F2N4O5S/c1-19(39-20(2)35)33-24-9-7-8-23(34-24)28(31,40(36,37)25-10-5-6-16-32-25)18-21-11-13-22(14-12-21)27(3,4)15-17-38-26(29)30/h5-14,16,19,26H,15,17-18,31H2,1-4H3,(H,33,34). The van der Waals surface area contributed by atoms with Crippen LogP contribution < -0.4 is 11.1 Å². The molecular formula is C28H34F2N4O5S. The van der Waals surface area contributed by atoms with E-state index in [1.165, 1.54) is 25.3 Å². The summed E-state index contributed by atoms with van der Waals surface area (Å²) in [5.74, 6) is -0.226. The highest BCUT2D eigenvalue weighted by Gasteiger charge is 2.45. The summed E-state index contributed by atoms with van der Waals surface area (Å²) in [6, 6.07) is 16.4. The van der Waals surface area contributed by atoms with Crippen LogP contribution in [-0.4, -0.2) is 43.8 Å². The molecule has 3 N–H and O–H groups in total. The summed E-state index contributed by atoms with van der Waals surface area (Å²) in [5.41, 5.74) is 7.84. The molecule has 9 nitrogen and oxygen atoms in total. The smallest absolute Gasteiger partial charge is 0.345 e. The van der Waals surface area contributed by atoms with Crippen molar-refractivity contribution in [3.8, 4) is 0 Å². The Labute approximate surface area is 233 Å². The van der Waals surface area contributed by atoms with Gasteiger partial charge in [-0.05, 0) is 54.2 Å². The van der Waals surface area contributed by atoms with Gasteiger partial charge in [-0.2, -0.15) is 8.78 Å². The molecule has 0 aliphatic heterocycles. The maximum Gasteiger partial charge on any atom is 0.345 e. The van der Waals surface area contributed by atoms with E-state index < -0.39 is 38.9 Å². The summed E-state index contributed by atoms with van der Waals surface area (Å²) in [5, 5.41) is 2.71. The summed E-state index contributed by atoms with van der Waals surface area (Å²) in [6.07, 6.45) is 0.869. The van der Waals surface area contributed by atoms with Crippen LogP contribution in [0, 0.1) is 0 Å². The Bertz CT molecular complexity index is 1390. The Morgan fingerprint density at radius 3 is 2.38 bits per heavy atom. The van der Waals surface area contributed by atoms with E-state index in [9.17, 15) is 22.0 Å². The van der Waals surface area contributed by atoms with E-state index in [2.05, 4.69) is 20.0 Å². The number of carbonyl (C=O) groups is 1. The van der Waals surface area contributed by atoms with Crippen molar-refractivity contribution < 1.29 is 31.5 Å². The predicted molar refractivity (Wildman–Crippen MR) is 146 cm³/mol. The lowest BCUT2D eigenvalue weighted by atomic mass is 9.81. The fourth-order valence-electron chi connectivity index (χ4n) is 4.18. The minimum atomic E-state index is -4.27. The third-order valence-electron chi connectivity index (χ3n) is 6.44. The van der Waals surface area contributed by atoms with Gasteiger partial charge in [0.15, 0.2) is 16.1 Å². The van der Waals surface area contributed by atoms with Crippen molar-refractivity contribution in [2.24, 2.45) is 5.73 Å². The number of nitrogens with two attached hydrogens (primary N) is 1. The third-order valence-corrected chi connectivity index (χ3v) is 8.55. The van der Waals surface area contributed by atoms with Crippen LogP contribution in [0.3, 0.4) is 0 Å². The second kappa shape index (κ2) is 12.8. The lowest BCUT2D eigenvalue weighted by Gasteiger charge is -2.30. The van der Waals surface area contributed by atoms with Gasteiger partial charge in [0.2, 0.25) is 9.84 Å². The summed E-state index contributed by atoms with van der Waals surface area (Å²) < 4.78 is 62.2. The number of benzene rings is 1. The third kappa shape index (κ3) is 7.58. The summed E-state index contributed by atoms with van der Waals surface area (Å²) in [6.45, 7) is 3.77. The molecule has 0 saturated heterocycles. The zero-order valence-electron chi connectivity index (χ0n) is 22.8. The molecule has 0 bridgehead atoms. The number of aromatic nitrogens is 2. The molecule has 1 aromatic carbocycles. The first-order chi connectivity index (χ1) is 18.7. The minimum Gasteiger partial charge on any atom is -0.442 e. The van der Waals surface area contributed by atoms with Gasteiger partial charge in [0.1, 0.15) is 5.82 Å². The largest absolute Gasteiger partial charge is 0.442 e. The predicted octanol–water partition coefficient (Wildman–Crippen LogP) is 4.53. The number of ether oxygens (including phenoxy) is 2. The van der Waals surface area contributed by atoms with Crippen molar-refractivity contribution in [2.45, 2.75) is 68.7 Å². The van der Waals surface area contributed by atoms with E-state index in [4.69, 9.17) is 10.5 Å². The van der Waals surface area contributed by atoms with E-state index >= 15 is 0 Å². The number of halogens is 2. The van der Waals surface area contributed by atoms with Gasteiger partial charge in [0.05, 0.1) is 12.3 Å². The minimum absolute atomic E-state index is 0.0618.